The van der Waals surface area contributed by atoms with Crippen molar-refractivity contribution in [2.24, 2.45) is 10.3 Å². The van der Waals surface area contributed by atoms with Crippen molar-refractivity contribution in [3.63, 3.8) is 0 Å². The zero-order chi connectivity index (χ0) is 6.41. The van der Waals surface area contributed by atoms with Crippen LogP contribution in [-0.4, -0.2) is 24.2 Å². The van der Waals surface area contributed by atoms with E-state index in [1.54, 1.807) is 6.92 Å². The molecule has 4 heteroatoms. The van der Waals surface area contributed by atoms with Gasteiger partial charge in [0, 0.05) is 0 Å². The van der Waals surface area contributed by atoms with Crippen molar-refractivity contribution >= 4 is 11.9 Å². The molecule has 0 radical (unpaired) electrons. The maximum atomic E-state index is 7.90. The molecule has 0 rings (SSSR count). The van der Waals surface area contributed by atoms with E-state index in [9.17, 15) is 0 Å². The highest BCUT2D eigenvalue weighted by Crippen LogP contribution is 1.71. The van der Waals surface area contributed by atoms with Gasteiger partial charge in [0.05, 0.1) is 11.9 Å². The molecule has 46 valence electrons. The summed E-state index contributed by atoms with van der Waals surface area (Å²) in [6, 6.07) is 0. The molecule has 0 saturated carbocycles. The predicted molar refractivity (Wildman–Crippen MR) is 30.4 cm³/mol. The van der Waals surface area contributed by atoms with Crippen LogP contribution in [0.25, 0.3) is 0 Å². The molecule has 4 nitrogen and oxygen atoms in total. The summed E-state index contributed by atoms with van der Waals surface area (Å²) in [6.07, 6.45) is 1.18. The summed E-state index contributed by atoms with van der Waals surface area (Å²) in [7, 11) is 1.43. The number of hydrogen-bond acceptors (Lipinski definition) is 4. The molecular weight excluding hydrogens is 108 g/mol. The first kappa shape index (κ1) is 6.94. The Balaban J connectivity index is 3.61. The summed E-state index contributed by atoms with van der Waals surface area (Å²) in [6.45, 7) is 1.66. The van der Waals surface area contributed by atoms with Crippen LogP contribution in [0.4, 0.5) is 0 Å². The average molecular weight is 116 g/mol. The predicted octanol–water partition coefficient (Wildman–Crippen LogP) is 0.469. The molecule has 0 aromatic heterocycles. The van der Waals surface area contributed by atoms with Crippen molar-refractivity contribution in [3.05, 3.63) is 0 Å². The fraction of sp³-hybridized carbons (Fsp3) is 0.500. The Kier molecular flexibility index (Phi) is 3.56. The van der Waals surface area contributed by atoms with Crippen molar-refractivity contribution in [1.29, 1.82) is 0 Å². The molecule has 0 heterocycles. The van der Waals surface area contributed by atoms with Crippen LogP contribution in [0.15, 0.2) is 10.3 Å². The normalized spacial score (nSPS) is 12.5. The van der Waals surface area contributed by atoms with Gasteiger partial charge in [-0.25, -0.2) is 0 Å². The summed E-state index contributed by atoms with van der Waals surface area (Å²) < 4.78 is 0. The summed E-state index contributed by atoms with van der Waals surface area (Å²) in [4.78, 5) is 4.34. The zero-order valence-electron chi connectivity index (χ0n) is 4.83. The molecule has 0 aliphatic rings. The van der Waals surface area contributed by atoms with Crippen molar-refractivity contribution in [3.8, 4) is 0 Å². The van der Waals surface area contributed by atoms with Gasteiger partial charge in [-0.3, -0.25) is 0 Å². The number of nitrogens with zero attached hydrogens (tertiary/aromatic N) is 2. The lowest BCUT2D eigenvalue weighted by Gasteiger charge is -1.85. The molecule has 0 unspecified atom stereocenters. The van der Waals surface area contributed by atoms with Gasteiger partial charge in [-0.05, 0) is 6.92 Å². The van der Waals surface area contributed by atoms with E-state index in [2.05, 4.69) is 15.1 Å². The molecule has 0 aliphatic heterocycles. The molecule has 0 aromatic rings. The Bertz CT molecular complexity index is 109. The highest BCUT2D eigenvalue weighted by Gasteiger charge is 1.79. The Labute approximate surface area is 47.4 Å². The van der Waals surface area contributed by atoms with E-state index < -0.39 is 0 Å². The van der Waals surface area contributed by atoms with Crippen LogP contribution >= 0.6 is 0 Å². The first-order valence-corrected chi connectivity index (χ1v) is 2.06. The molecule has 0 fully saturated rings. The first-order chi connectivity index (χ1) is 3.81. The van der Waals surface area contributed by atoms with Crippen molar-refractivity contribution < 1.29 is 10.0 Å². The van der Waals surface area contributed by atoms with Crippen molar-refractivity contribution in [2.45, 2.75) is 6.92 Å². The number of hydrogen-bond donors (Lipinski definition) is 1. The van der Waals surface area contributed by atoms with Gasteiger partial charge in [0.25, 0.3) is 0 Å². The van der Waals surface area contributed by atoms with Gasteiger partial charge in [0.2, 0.25) is 0 Å². The maximum absolute atomic E-state index is 7.90. The van der Waals surface area contributed by atoms with Gasteiger partial charge >= 0.3 is 0 Å². The van der Waals surface area contributed by atoms with Crippen LogP contribution in [0, 0.1) is 0 Å². The van der Waals surface area contributed by atoms with Crippen LogP contribution in [0.2, 0.25) is 0 Å². The van der Waals surface area contributed by atoms with E-state index in [0.717, 1.165) is 0 Å². The van der Waals surface area contributed by atoms with E-state index in [0.29, 0.717) is 5.71 Å². The van der Waals surface area contributed by atoms with Crippen LogP contribution in [0.1, 0.15) is 6.92 Å². The standard InChI is InChI=1S/C4H8N2O2/c1-4(3-5-7)6-8-2/h3,7H,1-2H3/b5-3+,6-4+. The maximum Gasteiger partial charge on any atom is 0.106 e. The quantitative estimate of drug-likeness (QED) is 0.324. The lowest BCUT2D eigenvalue weighted by Crippen LogP contribution is -1.91. The van der Waals surface area contributed by atoms with Crippen LogP contribution in [0.5, 0.6) is 0 Å². The molecule has 0 saturated heterocycles. The second-order valence-electron chi connectivity index (χ2n) is 1.16. The molecule has 0 aliphatic carbocycles. The minimum atomic E-state index is 0.523. The van der Waals surface area contributed by atoms with Crippen LogP contribution < -0.4 is 0 Å². The summed E-state index contributed by atoms with van der Waals surface area (Å²) in [5.74, 6) is 0. The lowest BCUT2D eigenvalue weighted by atomic mass is 10.5. The van der Waals surface area contributed by atoms with Crippen LogP contribution in [-0.2, 0) is 4.84 Å². The Morgan fingerprint density at radius 1 is 1.75 bits per heavy atom. The molecule has 0 spiro atoms. The average Bonchev–Trinajstić information content (AvgIpc) is 1.68. The van der Waals surface area contributed by atoms with E-state index in [1.165, 1.54) is 13.3 Å². The number of rotatable bonds is 2. The fourth-order valence-electron chi connectivity index (χ4n) is 0.251. The summed E-state index contributed by atoms with van der Waals surface area (Å²) in [5.41, 5.74) is 0.523. The third-order valence-electron chi connectivity index (χ3n) is 0.480. The van der Waals surface area contributed by atoms with E-state index in [-0.39, 0.29) is 0 Å². The zero-order valence-corrected chi connectivity index (χ0v) is 4.83. The smallest absolute Gasteiger partial charge is 0.106 e. The minimum Gasteiger partial charge on any atom is -0.411 e. The Morgan fingerprint density at radius 2 is 2.38 bits per heavy atom. The Morgan fingerprint density at radius 3 is 2.75 bits per heavy atom. The molecule has 0 aromatic carbocycles. The van der Waals surface area contributed by atoms with Gasteiger partial charge in [0.1, 0.15) is 7.11 Å². The molecular formula is C4H8N2O2. The monoisotopic (exact) mass is 116 g/mol. The van der Waals surface area contributed by atoms with Gasteiger partial charge in [-0.15, -0.1) is 0 Å². The largest absolute Gasteiger partial charge is 0.411 e. The summed E-state index contributed by atoms with van der Waals surface area (Å²) in [5, 5.41) is 14.0. The lowest BCUT2D eigenvalue weighted by molar-refractivity contribution is 0.214. The van der Waals surface area contributed by atoms with Gasteiger partial charge in [-0.1, -0.05) is 10.3 Å². The third kappa shape index (κ3) is 3.14. The second kappa shape index (κ2) is 4.11. The van der Waals surface area contributed by atoms with Gasteiger partial charge < -0.3 is 10.0 Å². The number of oxime groups is 2. The third-order valence-corrected chi connectivity index (χ3v) is 0.480. The second-order valence-corrected chi connectivity index (χ2v) is 1.16. The van der Waals surface area contributed by atoms with E-state index in [1.807, 2.05) is 0 Å². The summed E-state index contributed by atoms with van der Waals surface area (Å²) >= 11 is 0. The van der Waals surface area contributed by atoms with Gasteiger partial charge in [0.15, 0.2) is 0 Å². The highest BCUT2D eigenvalue weighted by molar-refractivity contribution is 6.29. The van der Waals surface area contributed by atoms with Gasteiger partial charge in [-0.2, -0.15) is 0 Å². The van der Waals surface area contributed by atoms with E-state index >= 15 is 0 Å². The highest BCUT2D eigenvalue weighted by atomic mass is 16.6. The van der Waals surface area contributed by atoms with Crippen molar-refractivity contribution in [1.82, 2.24) is 0 Å². The molecule has 8 heavy (non-hydrogen) atoms. The molecule has 0 atom stereocenters. The minimum absolute atomic E-state index is 0.523. The molecule has 1 N–H and O–H groups in total. The topological polar surface area (TPSA) is 54.2 Å². The molecule has 0 amide bonds. The van der Waals surface area contributed by atoms with Crippen LogP contribution in [0.3, 0.4) is 0 Å². The van der Waals surface area contributed by atoms with E-state index in [4.69, 9.17) is 5.21 Å². The first-order valence-electron chi connectivity index (χ1n) is 2.06. The Hall–Kier alpha value is -1.06. The van der Waals surface area contributed by atoms with Crippen molar-refractivity contribution in [2.75, 3.05) is 7.11 Å². The fourth-order valence-corrected chi connectivity index (χ4v) is 0.251. The SMILES string of the molecule is CO/N=C(C)/C=N/O. The molecule has 0 bridgehead atoms.